The molecule has 2 amide bonds. The van der Waals surface area contributed by atoms with Crippen molar-refractivity contribution in [3.8, 4) is 22.6 Å². The lowest BCUT2D eigenvalue weighted by molar-refractivity contribution is -0.122. The van der Waals surface area contributed by atoms with Crippen molar-refractivity contribution in [3.63, 3.8) is 0 Å². The van der Waals surface area contributed by atoms with E-state index in [0.29, 0.717) is 17.9 Å². The van der Waals surface area contributed by atoms with E-state index in [1.165, 1.54) is 4.90 Å². The van der Waals surface area contributed by atoms with Gasteiger partial charge in [-0.15, -0.1) is 0 Å². The van der Waals surface area contributed by atoms with E-state index in [9.17, 15) is 9.59 Å². The Morgan fingerprint density at radius 1 is 0.839 bits per heavy atom. The van der Waals surface area contributed by atoms with Gasteiger partial charge in [0.15, 0.2) is 0 Å². The van der Waals surface area contributed by atoms with Crippen molar-refractivity contribution in [2.24, 2.45) is 17.8 Å². The number of para-hydroxylation sites is 1. The average Bonchev–Trinajstić information content (AvgIpc) is 3.06. The minimum absolute atomic E-state index is 0.0808. The SMILES string of the molecule is C[C@H]1C=CC[C@H]2C(=O)N(c3ccc(Oc4ccccc4-c4ccccc4)cc3)C(=O)[C@H]12. The lowest BCUT2D eigenvalue weighted by atomic mass is 9.78. The third kappa shape index (κ3) is 3.44. The van der Waals surface area contributed by atoms with Crippen LogP contribution in [0.15, 0.2) is 91.0 Å². The molecule has 5 rings (SSSR count). The molecule has 3 aromatic rings. The van der Waals surface area contributed by atoms with Crippen molar-refractivity contribution in [1.29, 1.82) is 0 Å². The van der Waals surface area contributed by atoms with Gasteiger partial charge in [-0.05, 0) is 48.2 Å². The fourth-order valence-electron chi connectivity index (χ4n) is 4.60. The summed E-state index contributed by atoms with van der Waals surface area (Å²) in [7, 11) is 0. The minimum Gasteiger partial charge on any atom is -0.457 e. The molecular weight excluding hydrogens is 386 g/mol. The largest absolute Gasteiger partial charge is 0.457 e. The highest BCUT2D eigenvalue weighted by Gasteiger charge is 2.50. The van der Waals surface area contributed by atoms with Crippen LogP contribution in [0.5, 0.6) is 11.5 Å². The lowest BCUT2D eigenvalue weighted by Gasteiger charge is -2.22. The molecule has 154 valence electrons. The van der Waals surface area contributed by atoms with Gasteiger partial charge in [0.25, 0.3) is 0 Å². The minimum atomic E-state index is -0.258. The number of benzene rings is 3. The second kappa shape index (κ2) is 7.88. The molecule has 3 atom stereocenters. The summed E-state index contributed by atoms with van der Waals surface area (Å²) in [5.74, 6) is 0.772. The van der Waals surface area contributed by atoms with Crippen LogP contribution in [0, 0.1) is 17.8 Å². The summed E-state index contributed by atoms with van der Waals surface area (Å²) in [6.45, 7) is 2.00. The highest BCUT2D eigenvalue weighted by molar-refractivity contribution is 6.22. The predicted molar refractivity (Wildman–Crippen MR) is 121 cm³/mol. The summed E-state index contributed by atoms with van der Waals surface area (Å²) in [4.78, 5) is 27.2. The van der Waals surface area contributed by atoms with Crippen LogP contribution in [0.2, 0.25) is 0 Å². The molecule has 0 unspecified atom stereocenters. The van der Waals surface area contributed by atoms with Gasteiger partial charge in [-0.2, -0.15) is 0 Å². The zero-order valence-electron chi connectivity index (χ0n) is 17.3. The van der Waals surface area contributed by atoms with Crippen LogP contribution in [0.4, 0.5) is 5.69 Å². The molecule has 31 heavy (non-hydrogen) atoms. The molecule has 0 aromatic heterocycles. The molecular formula is C27H23NO3. The van der Waals surface area contributed by atoms with Gasteiger partial charge in [0.05, 0.1) is 17.5 Å². The smallest absolute Gasteiger partial charge is 0.238 e. The highest BCUT2D eigenvalue weighted by atomic mass is 16.5. The van der Waals surface area contributed by atoms with Gasteiger partial charge < -0.3 is 4.74 Å². The number of anilines is 1. The van der Waals surface area contributed by atoms with Crippen LogP contribution in [-0.4, -0.2) is 11.8 Å². The molecule has 1 fully saturated rings. The van der Waals surface area contributed by atoms with Crippen molar-refractivity contribution in [2.45, 2.75) is 13.3 Å². The summed E-state index contributed by atoms with van der Waals surface area (Å²) < 4.78 is 6.15. The van der Waals surface area contributed by atoms with E-state index < -0.39 is 0 Å². The summed E-state index contributed by atoms with van der Waals surface area (Å²) in [6, 6.07) is 25.1. The van der Waals surface area contributed by atoms with Crippen molar-refractivity contribution >= 4 is 17.5 Å². The second-order valence-corrected chi connectivity index (χ2v) is 8.13. The molecule has 3 aromatic carbocycles. The van der Waals surface area contributed by atoms with Gasteiger partial charge in [-0.25, -0.2) is 0 Å². The Hall–Kier alpha value is -3.66. The first-order valence-electron chi connectivity index (χ1n) is 10.6. The number of hydrogen-bond acceptors (Lipinski definition) is 3. The molecule has 2 aliphatic rings. The fraction of sp³-hybridized carbons (Fsp3) is 0.185. The Kier molecular flexibility index (Phi) is 4.91. The number of imide groups is 1. The molecule has 0 bridgehead atoms. The Morgan fingerprint density at radius 3 is 2.29 bits per heavy atom. The number of carbonyl (C=O) groups excluding carboxylic acids is 2. The van der Waals surface area contributed by atoms with Crippen molar-refractivity contribution in [1.82, 2.24) is 0 Å². The van der Waals surface area contributed by atoms with E-state index in [1.807, 2.05) is 73.7 Å². The van der Waals surface area contributed by atoms with Gasteiger partial charge in [-0.1, -0.05) is 67.6 Å². The normalized spacial score (nSPS) is 22.5. The Morgan fingerprint density at radius 2 is 1.55 bits per heavy atom. The van der Waals surface area contributed by atoms with Gasteiger partial charge in [0.2, 0.25) is 11.8 Å². The van der Waals surface area contributed by atoms with Crippen LogP contribution in [0.25, 0.3) is 11.1 Å². The zero-order chi connectivity index (χ0) is 21.4. The summed E-state index contributed by atoms with van der Waals surface area (Å²) in [5, 5.41) is 0. The highest BCUT2D eigenvalue weighted by Crippen LogP contribution is 2.41. The molecule has 1 aliphatic carbocycles. The molecule has 1 aliphatic heterocycles. The first-order valence-corrected chi connectivity index (χ1v) is 10.6. The number of carbonyl (C=O) groups is 2. The number of hydrogen-bond donors (Lipinski definition) is 0. The second-order valence-electron chi connectivity index (χ2n) is 8.13. The first kappa shape index (κ1) is 19.3. The van der Waals surface area contributed by atoms with E-state index in [-0.39, 0.29) is 29.6 Å². The monoisotopic (exact) mass is 409 g/mol. The van der Waals surface area contributed by atoms with Gasteiger partial charge >= 0.3 is 0 Å². The van der Waals surface area contributed by atoms with Crippen LogP contribution >= 0.6 is 0 Å². The van der Waals surface area contributed by atoms with Gasteiger partial charge in [-0.3, -0.25) is 14.5 Å². The molecule has 4 nitrogen and oxygen atoms in total. The quantitative estimate of drug-likeness (QED) is 0.401. The molecule has 0 spiro atoms. The summed E-state index contributed by atoms with van der Waals surface area (Å²) >= 11 is 0. The lowest BCUT2D eigenvalue weighted by Crippen LogP contribution is -2.31. The number of fused-ring (bicyclic) bond motifs is 1. The van der Waals surface area contributed by atoms with Crippen LogP contribution in [-0.2, 0) is 9.59 Å². The van der Waals surface area contributed by atoms with E-state index in [0.717, 1.165) is 16.9 Å². The van der Waals surface area contributed by atoms with E-state index in [2.05, 4.69) is 0 Å². The molecule has 4 heteroatoms. The molecule has 1 heterocycles. The number of rotatable bonds is 4. The zero-order valence-corrected chi connectivity index (χ0v) is 17.3. The molecule has 0 radical (unpaired) electrons. The van der Waals surface area contributed by atoms with Crippen molar-refractivity contribution < 1.29 is 14.3 Å². The van der Waals surface area contributed by atoms with Gasteiger partial charge in [0, 0.05) is 5.56 Å². The summed E-state index contributed by atoms with van der Waals surface area (Å²) in [6.07, 6.45) is 4.69. The Balaban J connectivity index is 1.39. The number of allylic oxidation sites excluding steroid dienone is 2. The fourth-order valence-corrected chi connectivity index (χ4v) is 4.60. The first-order chi connectivity index (χ1) is 15.1. The van der Waals surface area contributed by atoms with Gasteiger partial charge in [0.1, 0.15) is 11.5 Å². The maximum absolute atomic E-state index is 13.0. The molecule has 0 saturated carbocycles. The molecule has 1 saturated heterocycles. The van der Waals surface area contributed by atoms with E-state index in [4.69, 9.17) is 4.74 Å². The number of nitrogens with zero attached hydrogens (tertiary/aromatic N) is 1. The maximum atomic E-state index is 13.0. The van der Waals surface area contributed by atoms with E-state index in [1.54, 1.807) is 24.3 Å². The third-order valence-electron chi connectivity index (χ3n) is 6.17. The molecule has 0 N–H and O–H groups in total. The van der Waals surface area contributed by atoms with Crippen LogP contribution < -0.4 is 9.64 Å². The van der Waals surface area contributed by atoms with Crippen molar-refractivity contribution in [2.75, 3.05) is 4.90 Å². The van der Waals surface area contributed by atoms with Crippen LogP contribution in [0.1, 0.15) is 13.3 Å². The maximum Gasteiger partial charge on any atom is 0.238 e. The Bertz CT molecular complexity index is 1150. The third-order valence-corrected chi connectivity index (χ3v) is 6.17. The summed E-state index contributed by atoms with van der Waals surface area (Å²) in [5.41, 5.74) is 2.68. The van der Waals surface area contributed by atoms with E-state index >= 15 is 0 Å². The van der Waals surface area contributed by atoms with Crippen LogP contribution in [0.3, 0.4) is 0 Å². The number of amides is 2. The Labute approximate surface area is 181 Å². The average molecular weight is 409 g/mol. The standard InChI is InChI=1S/C27H23NO3/c1-18-8-7-12-23-25(18)27(30)28(26(23)29)20-14-16-21(17-15-20)31-24-13-6-5-11-22(24)19-9-3-2-4-10-19/h2-11,13-18,23,25H,12H2,1H3/t18-,23+,25+/m0/s1. The predicted octanol–water partition coefficient (Wildman–Crippen LogP) is 5.85. The van der Waals surface area contributed by atoms with Crippen molar-refractivity contribution in [3.05, 3.63) is 91.0 Å². The topological polar surface area (TPSA) is 46.6 Å². The number of ether oxygens (including phenoxy) is 1.